The van der Waals surface area contributed by atoms with Gasteiger partial charge < -0.3 is 10.6 Å². The summed E-state index contributed by atoms with van der Waals surface area (Å²) in [6.45, 7) is 0.610. The van der Waals surface area contributed by atoms with Crippen molar-refractivity contribution in [2.45, 2.75) is 6.54 Å². The van der Waals surface area contributed by atoms with E-state index in [9.17, 15) is 4.39 Å². The van der Waals surface area contributed by atoms with Crippen molar-refractivity contribution in [1.29, 1.82) is 0 Å². The second-order valence-corrected chi connectivity index (χ2v) is 3.52. The van der Waals surface area contributed by atoms with Crippen LogP contribution in [0, 0.1) is 5.82 Å². The first-order valence-corrected chi connectivity index (χ1v) is 5.27. The van der Waals surface area contributed by atoms with Crippen molar-refractivity contribution in [2.24, 2.45) is 0 Å². The van der Waals surface area contributed by atoms with Crippen LogP contribution in [0.25, 0.3) is 0 Å². The molecule has 1 aromatic carbocycles. The van der Waals surface area contributed by atoms with E-state index in [0.717, 1.165) is 5.69 Å². The molecule has 17 heavy (non-hydrogen) atoms. The van der Waals surface area contributed by atoms with E-state index in [-0.39, 0.29) is 5.82 Å². The summed E-state index contributed by atoms with van der Waals surface area (Å²) in [5.74, 6) is 1.14. The van der Waals surface area contributed by atoms with Crippen molar-refractivity contribution in [1.82, 2.24) is 15.3 Å². The van der Waals surface area contributed by atoms with E-state index in [1.807, 2.05) is 7.05 Å². The molecule has 2 N–H and O–H groups in total. The van der Waals surface area contributed by atoms with Crippen LogP contribution in [0.1, 0.15) is 5.82 Å². The number of hydrogen-bond acceptors (Lipinski definition) is 4. The zero-order chi connectivity index (χ0) is 12.1. The number of nitrogens with one attached hydrogen (secondary N) is 2. The Morgan fingerprint density at radius 3 is 2.65 bits per heavy atom. The van der Waals surface area contributed by atoms with Gasteiger partial charge in [0, 0.05) is 11.9 Å². The predicted molar refractivity (Wildman–Crippen MR) is 64.5 cm³/mol. The maximum absolute atomic E-state index is 12.7. The molecule has 1 heterocycles. The first-order valence-electron chi connectivity index (χ1n) is 5.27. The van der Waals surface area contributed by atoms with Crippen LogP contribution in [0.4, 0.5) is 15.9 Å². The van der Waals surface area contributed by atoms with Gasteiger partial charge in [-0.3, -0.25) is 0 Å². The van der Waals surface area contributed by atoms with Gasteiger partial charge in [0.15, 0.2) is 0 Å². The Kier molecular flexibility index (Phi) is 3.62. The molecule has 0 saturated heterocycles. The quantitative estimate of drug-likeness (QED) is 0.847. The van der Waals surface area contributed by atoms with Crippen LogP contribution in [0.2, 0.25) is 0 Å². The SMILES string of the molecule is CNCc1nccc(Nc2ccc(F)cc2)n1. The monoisotopic (exact) mass is 232 g/mol. The number of anilines is 2. The maximum atomic E-state index is 12.7. The molecule has 2 aromatic rings. The van der Waals surface area contributed by atoms with Crippen molar-refractivity contribution >= 4 is 11.5 Å². The first kappa shape index (κ1) is 11.5. The van der Waals surface area contributed by atoms with Crippen LogP contribution in [0.3, 0.4) is 0 Å². The second kappa shape index (κ2) is 5.36. The van der Waals surface area contributed by atoms with Gasteiger partial charge in [0.25, 0.3) is 0 Å². The summed E-state index contributed by atoms with van der Waals surface area (Å²) < 4.78 is 12.7. The molecule has 0 radical (unpaired) electrons. The van der Waals surface area contributed by atoms with E-state index >= 15 is 0 Å². The van der Waals surface area contributed by atoms with E-state index in [4.69, 9.17) is 0 Å². The van der Waals surface area contributed by atoms with E-state index in [1.165, 1.54) is 12.1 Å². The van der Waals surface area contributed by atoms with Crippen molar-refractivity contribution in [3.8, 4) is 0 Å². The van der Waals surface area contributed by atoms with Crippen LogP contribution in [-0.4, -0.2) is 17.0 Å². The van der Waals surface area contributed by atoms with Gasteiger partial charge in [-0.1, -0.05) is 0 Å². The summed E-state index contributed by atoms with van der Waals surface area (Å²) in [4.78, 5) is 8.41. The normalized spacial score (nSPS) is 10.2. The highest BCUT2D eigenvalue weighted by molar-refractivity contribution is 5.55. The summed E-state index contributed by atoms with van der Waals surface area (Å²) >= 11 is 0. The molecule has 0 bridgehead atoms. The Morgan fingerprint density at radius 2 is 1.94 bits per heavy atom. The lowest BCUT2D eigenvalue weighted by atomic mass is 10.3. The lowest BCUT2D eigenvalue weighted by molar-refractivity contribution is 0.628. The second-order valence-electron chi connectivity index (χ2n) is 3.52. The molecular formula is C12H13FN4. The van der Waals surface area contributed by atoms with Crippen LogP contribution in [-0.2, 0) is 6.54 Å². The van der Waals surface area contributed by atoms with Gasteiger partial charge >= 0.3 is 0 Å². The van der Waals surface area contributed by atoms with Crippen LogP contribution >= 0.6 is 0 Å². The maximum Gasteiger partial charge on any atom is 0.144 e. The van der Waals surface area contributed by atoms with Crippen LogP contribution < -0.4 is 10.6 Å². The van der Waals surface area contributed by atoms with Crippen LogP contribution in [0.5, 0.6) is 0 Å². The van der Waals surface area contributed by atoms with E-state index in [1.54, 1.807) is 24.4 Å². The zero-order valence-electron chi connectivity index (χ0n) is 9.44. The molecule has 0 amide bonds. The number of hydrogen-bond donors (Lipinski definition) is 2. The average Bonchev–Trinajstić information content (AvgIpc) is 2.33. The Balaban J connectivity index is 2.12. The Bertz CT molecular complexity index is 484. The number of nitrogens with zero attached hydrogens (tertiary/aromatic N) is 2. The minimum absolute atomic E-state index is 0.255. The van der Waals surface area contributed by atoms with Gasteiger partial charge in [-0.2, -0.15) is 0 Å². The lowest BCUT2D eigenvalue weighted by Gasteiger charge is -2.06. The Hall–Kier alpha value is -2.01. The molecule has 0 aliphatic rings. The van der Waals surface area contributed by atoms with Gasteiger partial charge in [-0.25, -0.2) is 14.4 Å². The fourth-order valence-electron chi connectivity index (χ4n) is 1.39. The molecular weight excluding hydrogens is 219 g/mol. The molecule has 88 valence electrons. The predicted octanol–water partition coefficient (Wildman–Crippen LogP) is 2.08. The third-order valence-corrected chi connectivity index (χ3v) is 2.16. The fourth-order valence-corrected chi connectivity index (χ4v) is 1.39. The molecule has 0 aliphatic heterocycles. The van der Waals surface area contributed by atoms with Crippen molar-refractivity contribution < 1.29 is 4.39 Å². The number of benzene rings is 1. The highest BCUT2D eigenvalue weighted by Gasteiger charge is 1.99. The lowest BCUT2D eigenvalue weighted by Crippen LogP contribution is -2.09. The highest BCUT2D eigenvalue weighted by atomic mass is 19.1. The molecule has 0 spiro atoms. The van der Waals surface area contributed by atoms with Crippen molar-refractivity contribution in [2.75, 3.05) is 12.4 Å². The van der Waals surface area contributed by atoms with Gasteiger partial charge in [0.05, 0.1) is 6.54 Å². The van der Waals surface area contributed by atoms with Gasteiger partial charge in [-0.15, -0.1) is 0 Å². The molecule has 0 saturated carbocycles. The molecule has 1 aromatic heterocycles. The smallest absolute Gasteiger partial charge is 0.144 e. The summed E-state index contributed by atoms with van der Waals surface area (Å²) in [5.41, 5.74) is 0.792. The largest absolute Gasteiger partial charge is 0.340 e. The number of rotatable bonds is 4. The summed E-state index contributed by atoms with van der Waals surface area (Å²) in [7, 11) is 1.84. The standard InChI is InChI=1S/C12H13FN4/c1-14-8-12-15-7-6-11(17-12)16-10-4-2-9(13)3-5-10/h2-7,14H,8H2,1H3,(H,15,16,17). The van der Waals surface area contributed by atoms with Gasteiger partial charge in [0.2, 0.25) is 0 Å². The Morgan fingerprint density at radius 1 is 1.18 bits per heavy atom. The average molecular weight is 232 g/mol. The summed E-state index contributed by atoms with van der Waals surface area (Å²) in [6.07, 6.45) is 1.69. The van der Waals surface area contributed by atoms with E-state index < -0.39 is 0 Å². The third kappa shape index (κ3) is 3.22. The number of aromatic nitrogens is 2. The highest BCUT2D eigenvalue weighted by Crippen LogP contribution is 2.14. The molecule has 0 atom stereocenters. The topological polar surface area (TPSA) is 49.8 Å². The minimum Gasteiger partial charge on any atom is -0.340 e. The molecule has 2 rings (SSSR count). The molecule has 0 fully saturated rings. The zero-order valence-corrected chi connectivity index (χ0v) is 9.44. The van der Waals surface area contributed by atoms with Crippen LogP contribution in [0.15, 0.2) is 36.5 Å². The minimum atomic E-state index is -0.255. The van der Waals surface area contributed by atoms with E-state index in [0.29, 0.717) is 18.2 Å². The molecule has 0 aliphatic carbocycles. The number of halogens is 1. The summed E-state index contributed by atoms with van der Waals surface area (Å²) in [6, 6.07) is 7.89. The van der Waals surface area contributed by atoms with Gasteiger partial charge in [0.1, 0.15) is 17.5 Å². The van der Waals surface area contributed by atoms with Crippen molar-refractivity contribution in [3.63, 3.8) is 0 Å². The molecule has 0 unspecified atom stereocenters. The molecule has 5 heteroatoms. The van der Waals surface area contributed by atoms with Crippen molar-refractivity contribution in [3.05, 3.63) is 48.2 Å². The molecule has 4 nitrogen and oxygen atoms in total. The first-order chi connectivity index (χ1) is 8.28. The Labute approximate surface area is 98.9 Å². The fraction of sp³-hybridized carbons (Fsp3) is 0.167. The third-order valence-electron chi connectivity index (χ3n) is 2.16. The summed E-state index contributed by atoms with van der Waals surface area (Å²) in [5, 5.41) is 6.06. The van der Waals surface area contributed by atoms with Gasteiger partial charge in [-0.05, 0) is 37.4 Å². The van der Waals surface area contributed by atoms with E-state index in [2.05, 4.69) is 20.6 Å².